The van der Waals surface area contributed by atoms with E-state index in [0.717, 1.165) is 49.3 Å². The van der Waals surface area contributed by atoms with Crippen LogP contribution in [0, 0.1) is 0 Å². The fraction of sp³-hybridized carbons (Fsp3) is 0.333. The number of rotatable bonds is 13. The summed E-state index contributed by atoms with van der Waals surface area (Å²) in [6, 6.07) is 21.2. The number of hydrogen-bond donors (Lipinski definition) is 0. The van der Waals surface area contributed by atoms with E-state index in [4.69, 9.17) is 9.47 Å². The Morgan fingerprint density at radius 2 is 1.47 bits per heavy atom. The maximum absolute atomic E-state index is 12.4. The van der Waals surface area contributed by atoms with E-state index in [1.54, 1.807) is 0 Å². The van der Waals surface area contributed by atoms with Crippen molar-refractivity contribution in [1.29, 1.82) is 0 Å². The molecule has 3 rings (SSSR count). The van der Waals surface area contributed by atoms with Crippen LogP contribution in [-0.2, 0) is 15.9 Å². The van der Waals surface area contributed by atoms with Crippen LogP contribution in [0.1, 0.15) is 71.7 Å². The molecule has 0 aromatic heterocycles. The van der Waals surface area contributed by atoms with Crippen LogP contribution in [0.5, 0.6) is 0 Å². The van der Waals surface area contributed by atoms with Crippen LogP contribution in [0.4, 0.5) is 0 Å². The van der Waals surface area contributed by atoms with Gasteiger partial charge in [-0.2, -0.15) is 0 Å². The van der Waals surface area contributed by atoms with Crippen molar-refractivity contribution in [2.75, 3.05) is 13.2 Å². The van der Waals surface area contributed by atoms with E-state index in [9.17, 15) is 9.59 Å². The number of carbonyl (C=O) groups is 2. The van der Waals surface area contributed by atoms with E-state index in [2.05, 4.69) is 12.2 Å². The molecule has 0 N–H and O–H groups in total. The Morgan fingerprint density at radius 1 is 0.735 bits per heavy atom. The van der Waals surface area contributed by atoms with Gasteiger partial charge in [-0.15, -0.1) is 0 Å². The molecule has 0 aliphatic carbocycles. The van der Waals surface area contributed by atoms with Crippen molar-refractivity contribution in [3.8, 4) is 0 Å². The number of carbonyl (C=O) groups excluding carboxylic acids is 2. The molecular weight excluding hydrogens is 424 g/mol. The molecule has 0 spiro atoms. The Hall–Kier alpha value is -3.40. The van der Waals surface area contributed by atoms with Gasteiger partial charge in [-0.25, -0.2) is 9.59 Å². The molecule has 0 fully saturated rings. The largest absolute Gasteiger partial charge is 0.462 e. The summed E-state index contributed by atoms with van der Waals surface area (Å²) in [5.41, 5.74) is 2.42. The van der Waals surface area contributed by atoms with Crippen LogP contribution in [0.15, 0.2) is 78.9 Å². The summed E-state index contributed by atoms with van der Waals surface area (Å²) in [7, 11) is 0. The Kier molecular flexibility index (Phi) is 10.4. The lowest BCUT2D eigenvalue weighted by Gasteiger charge is -2.07. The van der Waals surface area contributed by atoms with Gasteiger partial charge in [-0.05, 0) is 67.1 Å². The molecule has 4 heteroatoms. The van der Waals surface area contributed by atoms with E-state index in [1.807, 2.05) is 73.7 Å². The van der Waals surface area contributed by atoms with Gasteiger partial charge < -0.3 is 9.47 Å². The fourth-order valence-electron chi connectivity index (χ4n) is 3.87. The monoisotopic (exact) mass is 458 g/mol. The number of fused-ring (bicyclic) bond motifs is 1. The molecule has 0 saturated carbocycles. The van der Waals surface area contributed by atoms with Gasteiger partial charge in [0.05, 0.1) is 24.3 Å². The van der Waals surface area contributed by atoms with Crippen LogP contribution >= 0.6 is 0 Å². The maximum atomic E-state index is 12.4. The Morgan fingerprint density at radius 3 is 2.29 bits per heavy atom. The first-order valence-electron chi connectivity index (χ1n) is 12.2. The lowest BCUT2D eigenvalue weighted by molar-refractivity contribution is 0.0497. The highest BCUT2D eigenvalue weighted by Crippen LogP contribution is 2.19. The van der Waals surface area contributed by atoms with Crippen molar-refractivity contribution in [3.05, 3.63) is 95.6 Å². The quantitative estimate of drug-likeness (QED) is 0.153. The molecule has 3 aromatic rings. The minimum absolute atomic E-state index is 0.238. The summed E-state index contributed by atoms with van der Waals surface area (Å²) in [4.78, 5) is 24.1. The zero-order chi connectivity index (χ0) is 24.0. The second-order valence-corrected chi connectivity index (χ2v) is 8.31. The molecule has 0 unspecified atom stereocenters. The molecule has 0 atom stereocenters. The average molecular weight is 459 g/mol. The summed E-state index contributed by atoms with van der Waals surface area (Å²) in [5.74, 6) is -0.509. The van der Waals surface area contributed by atoms with Crippen molar-refractivity contribution >= 4 is 22.7 Å². The van der Waals surface area contributed by atoms with E-state index in [1.165, 1.54) is 12.0 Å². The molecule has 0 saturated heterocycles. The summed E-state index contributed by atoms with van der Waals surface area (Å²) in [5, 5.41) is 2.00. The highest BCUT2D eigenvalue weighted by atomic mass is 16.5. The SMILES string of the molecule is CCOC(=O)c1ccc(C/C=C/CCCCCCCOC(=O)c2cccc3ccccc23)cc1. The highest BCUT2D eigenvalue weighted by molar-refractivity contribution is 6.04. The first kappa shape index (κ1) is 25.2. The molecule has 0 radical (unpaired) electrons. The number of hydrogen-bond acceptors (Lipinski definition) is 4. The molecule has 0 bridgehead atoms. The Bertz CT molecular complexity index is 1080. The maximum Gasteiger partial charge on any atom is 0.338 e. The van der Waals surface area contributed by atoms with E-state index >= 15 is 0 Å². The van der Waals surface area contributed by atoms with Crippen LogP contribution in [0.3, 0.4) is 0 Å². The average Bonchev–Trinajstić information content (AvgIpc) is 2.87. The van der Waals surface area contributed by atoms with E-state index in [0.29, 0.717) is 24.3 Å². The normalized spacial score (nSPS) is 11.1. The fourth-order valence-corrected chi connectivity index (χ4v) is 3.87. The summed E-state index contributed by atoms with van der Waals surface area (Å²) < 4.78 is 10.5. The first-order chi connectivity index (χ1) is 16.7. The van der Waals surface area contributed by atoms with Crippen LogP contribution in [0.2, 0.25) is 0 Å². The molecule has 178 valence electrons. The zero-order valence-electron chi connectivity index (χ0n) is 20.0. The van der Waals surface area contributed by atoms with Gasteiger partial charge in [0, 0.05) is 0 Å². The van der Waals surface area contributed by atoms with E-state index in [-0.39, 0.29) is 11.9 Å². The molecule has 3 aromatic carbocycles. The molecule has 0 aliphatic heterocycles. The molecule has 0 aliphatic rings. The van der Waals surface area contributed by atoms with Gasteiger partial charge in [0.1, 0.15) is 0 Å². The lowest BCUT2D eigenvalue weighted by Crippen LogP contribution is -2.07. The number of allylic oxidation sites excluding steroid dienone is 2. The summed E-state index contributed by atoms with van der Waals surface area (Å²) in [6.07, 6.45) is 11.8. The third-order valence-electron chi connectivity index (χ3n) is 5.74. The third-order valence-corrected chi connectivity index (χ3v) is 5.74. The minimum atomic E-state index is -0.271. The number of ether oxygens (including phenoxy) is 2. The van der Waals surface area contributed by atoms with Gasteiger partial charge >= 0.3 is 11.9 Å². The number of benzene rings is 3. The number of esters is 2. The summed E-state index contributed by atoms with van der Waals surface area (Å²) >= 11 is 0. The number of unbranched alkanes of at least 4 members (excludes halogenated alkanes) is 5. The van der Waals surface area contributed by atoms with Crippen molar-refractivity contribution < 1.29 is 19.1 Å². The summed E-state index contributed by atoms with van der Waals surface area (Å²) in [6.45, 7) is 2.67. The second kappa shape index (κ2) is 14.0. The molecular formula is C30H34O4. The smallest absolute Gasteiger partial charge is 0.338 e. The van der Waals surface area contributed by atoms with Gasteiger partial charge in [0.25, 0.3) is 0 Å². The van der Waals surface area contributed by atoms with Crippen molar-refractivity contribution in [2.45, 2.75) is 51.9 Å². The Labute approximate surface area is 202 Å². The molecule has 0 heterocycles. The van der Waals surface area contributed by atoms with Gasteiger partial charge in [-0.1, -0.05) is 79.9 Å². The minimum Gasteiger partial charge on any atom is -0.462 e. The highest BCUT2D eigenvalue weighted by Gasteiger charge is 2.10. The van der Waals surface area contributed by atoms with Crippen molar-refractivity contribution in [3.63, 3.8) is 0 Å². The molecule has 0 amide bonds. The van der Waals surface area contributed by atoms with Crippen molar-refractivity contribution in [1.82, 2.24) is 0 Å². The lowest BCUT2D eigenvalue weighted by atomic mass is 10.0. The molecule has 34 heavy (non-hydrogen) atoms. The van der Waals surface area contributed by atoms with Gasteiger partial charge in [0.2, 0.25) is 0 Å². The Balaban J connectivity index is 1.23. The predicted octanol–water partition coefficient (Wildman–Crippen LogP) is 7.31. The zero-order valence-corrected chi connectivity index (χ0v) is 20.0. The topological polar surface area (TPSA) is 52.6 Å². The first-order valence-corrected chi connectivity index (χ1v) is 12.2. The van der Waals surface area contributed by atoms with Crippen LogP contribution < -0.4 is 0 Å². The van der Waals surface area contributed by atoms with E-state index < -0.39 is 0 Å². The second-order valence-electron chi connectivity index (χ2n) is 8.31. The predicted molar refractivity (Wildman–Crippen MR) is 137 cm³/mol. The van der Waals surface area contributed by atoms with Gasteiger partial charge in [-0.3, -0.25) is 0 Å². The van der Waals surface area contributed by atoms with Crippen LogP contribution in [0.25, 0.3) is 10.8 Å². The van der Waals surface area contributed by atoms with Crippen LogP contribution in [-0.4, -0.2) is 25.2 Å². The van der Waals surface area contributed by atoms with Crippen molar-refractivity contribution in [2.24, 2.45) is 0 Å². The van der Waals surface area contributed by atoms with Gasteiger partial charge in [0.15, 0.2) is 0 Å². The third kappa shape index (κ3) is 7.87. The standard InChI is InChI=1S/C30H34O4/c1-2-33-29(31)26-21-19-24(20-22-26)14-9-7-5-3-4-6-8-12-23-34-30(32)28-18-13-16-25-15-10-11-17-27(25)28/h7,9-11,13,15-22H,2-6,8,12,14,23H2,1H3/b9-7+. The molecule has 4 nitrogen and oxygen atoms in total.